The van der Waals surface area contributed by atoms with Crippen LogP contribution in [0.15, 0.2) is 42.6 Å². The number of piperazine rings is 1. The fourth-order valence-corrected chi connectivity index (χ4v) is 3.01. The number of halogens is 4. The average molecular weight is 384 g/mol. The molecule has 1 aromatic carbocycles. The Kier molecular flexibility index (Phi) is 5.48. The third-order valence-electron chi connectivity index (χ3n) is 4.29. The van der Waals surface area contributed by atoms with Gasteiger partial charge in [-0.1, -0.05) is 29.8 Å². The molecule has 1 aliphatic heterocycles. The van der Waals surface area contributed by atoms with E-state index in [2.05, 4.69) is 4.98 Å². The van der Waals surface area contributed by atoms with Crippen LogP contribution in [0.25, 0.3) is 0 Å². The number of benzene rings is 1. The van der Waals surface area contributed by atoms with E-state index in [1.807, 2.05) is 4.90 Å². The lowest BCUT2D eigenvalue weighted by molar-refractivity contribution is -0.137. The maximum Gasteiger partial charge on any atom is 0.416 e. The molecule has 1 fully saturated rings. The van der Waals surface area contributed by atoms with E-state index < -0.39 is 11.7 Å². The van der Waals surface area contributed by atoms with Crippen LogP contribution < -0.4 is 0 Å². The smallest absolute Gasteiger partial charge is 0.336 e. The SMILES string of the molecule is O=C(c1ccc(Cl)nc1)N1CCN(Cc2cccc(C(F)(F)F)c2)CC1. The Balaban J connectivity index is 1.57. The highest BCUT2D eigenvalue weighted by atomic mass is 35.5. The van der Waals surface area contributed by atoms with Gasteiger partial charge < -0.3 is 4.90 Å². The van der Waals surface area contributed by atoms with E-state index in [0.717, 1.165) is 6.07 Å². The van der Waals surface area contributed by atoms with Crippen molar-refractivity contribution in [1.82, 2.24) is 14.8 Å². The van der Waals surface area contributed by atoms with Gasteiger partial charge in [0.1, 0.15) is 5.15 Å². The first-order valence-corrected chi connectivity index (χ1v) is 8.50. The molecule has 138 valence electrons. The molecule has 1 saturated heterocycles. The van der Waals surface area contributed by atoms with Crippen LogP contribution in [0, 0.1) is 0 Å². The van der Waals surface area contributed by atoms with Crippen LogP contribution in [0.3, 0.4) is 0 Å². The number of hydrogen-bond acceptors (Lipinski definition) is 3. The van der Waals surface area contributed by atoms with Crippen LogP contribution in [-0.2, 0) is 12.7 Å². The van der Waals surface area contributed by atoms with Crippen molar-refractivity contribution in [2.75, 3.05) is 26.2 Å². The summed E-state index contributed by atoms with van der Waals surface area (Å²) in [5, 5.41) is 0.326. The van der Waals surface area contributed by atoms with Crippen molar-refractivity contribution in [2.45, 2.75) is 12.7 Å². The van der Waals surface area contributed by atoms with Gasteiger partial charge in [-0.3, -0.25) is 9.69 Å². The summed E-state index contributed by atoms with van der Waals surface area (Å²) in [4.78, 5) is 20.1. The molecule has 0 radical (unpaired) electrons. The molecule has 1 aliphatic rings. The Morgan fingerprint density at radius 2 is 1.85 bits per heavy atom. The number of pyridine rings is 1. The molecule has 3 rings (SSSR count). The quantitative estimate of drug-likeness (QED) is 0.758. The second-order valence-corrected chi connectivity index (χ2v) is 6.52. The summed E-state index contributed by atoms with van der Waals surface area (Å²) in [7, 11) is 0. The molecule has 1 aromatic heterocycles. The van der Waals surface area contributed by atoms with Gasteiger partial charge in [0, 0.05) is 38.9 Å². The number of nitrogens with zero attached hydrogens (tertiary/aromatic N) is 3. The lowest BCUT2D eigenvalue weighted by Crippen LogP contribution is -2.48. The fourth-order valence-electron chi connectivity index (χ4n) is 2.90. The third-order valence-corrected chi connectivity index (χ3v) is 4.52. The second kappa shape index (κ2) is 7.63. The first-order chi connectivity index (χ1) is 12.3. The van der Waals surface area contributed by atoms with Gasteiger partial charge in [0.2, 0.25) is 0 Å². The highest BCUT2D eigenvalue weighted by molar-refractivity contribution is 6.29. The molecular weight excluding hydrogens is 367 g/mol. The van der Waals surface area contributed by atoms with E-state index in [4.69, 9.17) is 11.6 Å². The molecule has 2 aromatic rings. The lowest BCUT2D eigenvalue weighted by atomic mass is 10.1. The summed E-state index contributed by atoms with van der Waals surface area (Å²) in [6, 6.07) is 8.56. The molecule has 0 N–H and O–H groups in total. The van der Waals surface area contributed by atoms with Crippen molar-refractivity contribution < 1.29 is 18.0 Å². The van der Waals surface area contributed by atoms with Crippen molar-refractivity contribution >= 4 is 17.5 Å². The molecule has 8 heteroatoms. The number of carbonyl (C=O) groups excluding carboxylic acids is 1. The molecule has 1 amide bonds. The van der Waals surface area contributed by atoms with Crippen molar-refractivity contribution in [1.29, 1.82) is 0 Å². The van der Waals surface area contributed by atoms with E-state index in [1.54, 1.807) is 23.1 Å². The molecule has 0 unspecified atom stereocenters. The number of rotatable bonds is 3. The van der Waals surface area contributed by atoms with Gasteiger partial charge in [-0.2, -0.15) is 13.2 Å². The Hall–Kier alpha value is -2.12. The molecule has 0 spiro atoms. The first kappa shape index (κ1) is 18.7. The summed E-state index contributed by atoms with van der Waals surface area (Å²) in [6.07, 6.45) is -2.90. The van der Waals surface area contributed by atoms with Gasteiger partial charge in [-0.05, 0) is 23.8 Å². The predicted molar refractivity (Wildman–Crippen MR) is 91.9 cm³/mol. The number of aromatic nitrogens is 1. The zero-order valence-electron chi connectivity index (χ0n) is 13.8. The fraction of sp³-hybridized carbons (Fsp3) is 0.333. The lowest BCUT2D eigenvalue weighted by Gasteiger charge is -2.34. The maximum absolute atomic E-state index is 12.8. The second-order valence-electron chi connectivity index (χ2n) is 6.14. The summed E-state index contributed by atoms with van der Waals surface area (Å²) in [6.45, 7) is 2.65. The zero-order chi connectivity index (χ0) is 18.7. The summed E-state index contributed by atoms with van der Waals surface area (Å²) in [5.41, 5.74) is 0.446. The van der Waals surface area contributed by atoms with E-state index in [1.165, 1.54) is 18.3 Å². The number of amides is 1. The Labute approximate surface area is 154 Å². The molecule has 0 bridgehead atoms. The minimum absolute atomic E-state index is 0.118. The first-order valence-electron chi connectivity index (χ1n) is 8.12. The summed E-state index contributed by atoms with van der Waals surface area (Å²) >= 11 is 5.72. The minimum Gasteiger partial charge on any atom is -0.336 e. The Bertz CT molecular complexity index is 772. The van der Waals surface area contributed by atoms with Gasteiger partial charge in [0.25, 0.3) is 5.91 Å². The normalized spacial score (nSPS) is 15.9. The molecule has 0 saturated carbocycles. The van der Waals surface area contributed by atoms with Crippen LogP contribution in [0.5, 0.6) is 0 Å². The van der Waals surface area contributed by atoms with Gasteiger partial charge in [-0.15, -0.1) is 0 Å². The minimum atomic E-state index is -4.34. The number of hydrogen-bond donors (Lipinski definition) is 0. The number of alkyl halides is 3. The molecule has 4 nitrogen and oxygen atoms in total. The Morgan fingerprint density at radius 1 is 1.12 bits per heavy atom. The van der Waals surface area contributed by atoms with Crippen molar-refractivity contribution in [3.63, 3.8) is 0 Å². The van der Waals surface area contributed by atoms with Crippen LogP contribution in [-0.4, -0.2) is 46.9 Å². The summed E-state index contributed by atoms with van der Waals surface area (Å²) < 4.78 is 38.4. The topological polar surface area (TPSA) is 36.4 Å². The van der Waals surface area contributed by atoms with Gasteiger partial charge in [0.05, 0.1) is 11.1 Å². The van der Waals surface area contributed by atoms with E-state index >= 15 is 0 Å². The van der Waals surface area contributed by atoms with E-state index in [0.29, 0.717) is 49.0 Å². The van der Waals surface area contributed by atoms with Gasteiger partial charge in [0.15, 0.2) is 0 Å². The largest absolute Gasteiger partial charge is 0.416 e. The molecule has 0 aliphatic carbocycles. The molecule has 0 atom stereocenters. The third kappa shape index (κ3) is 4.53. The van der Waals surface area contributed by atoms with Crippen LogP contribution in [0.2, 0.25) is 5.15 Å². The van der Waals surface area contributed by atoms with Crippen molar-refractivity contribution in [2.24, 2.45) is 0 Å². The van der Waals surface area contributed by atoms with Crippen LogP contribution in [0.4, 0.5) is 13.2 Å². The highest BCUT2D eigenvalue weighted by Gasteiger charge is 2.30. The molecule has 26 heavy (non-hydrogen) atoms. The van der Waals surface area contributed by atoms with Crippen LogP contribution >= 0.6 is 11.6 Å². The van der Waals surface area contributed by atoms with Gasteiger partial charge >= 0.3 is 6.18 Å². The standard InChI is InChI=1S/C18H17ClF3N3O/c19-16-5-4-14(11-23-16)17(26)25-8-6-24(7-9-25)12-13-2-1-3-15(10-13)18(20,21)22/h1-5,10-11H,6-9,12H2. The van der Waals surface area contributed by atoms with E-state index in [-0.39, 0.29) is 5.91 Å². The van der Waals surface area contributed by atoms with E-state index in [9.17, 15) is 18.0 Å². The van der Waals surface area contributed by atoms with Gasteiger partial charge in [-0.25, -0.2) is 4.98 Å². The molecule has 2 heterocycles. The van der Waals surface area contributed by atoms with Crippen molar-refractivity contribution in [3.05, 3.63) is 64.4 Å². The predicted octanol–water partition coefficient (Wildman–Crippen LogP) is 3.71. The van der Waals surface area contributed by atoms with Crippen LogP contribution in [0.1, 0.15) is 21.5 Å². The summed E-state index contributed by atoms with van der Waals surface area (Å²) in [5.74, 6) is -0.118. The Morgan fingerprint density at radius 3 is 2.46 bits per heavy atom. The average Bonchev–Trinajstić information content (AvgIpc) is 2.62. The van der Waals surface area contributed by atoms with Crippen molar-refractivity contribution in [3.8, 4) is 0 Å². The maximum atomic E-state index is 12.8. The zero-order valence-corrected chi connectivity index (χ0v) is 14.6. The highest BCUT2D eigenvalue weighted by Crippen LogP contribution is 2.29. The number of carbonyl (C=O) groups is 1. The monoisotopic (exact) mass is 383 g/mol. The molecular formula is C18H17ClF3N3O.